The fraction of sp³-hybridized carbons (Fsp3) is 0.867. The van der Waals surface area contributed by atoms with Crippen molar-refractivity contribution in [2.24, 2.45) is 16.8 Å². The van der Waals surface area contributed by atoms with Crippen molar-refractivity contribution in [1.82, 2.24) is 10.2 Å². The first-order valence-electron chi connectivity index (χ1n) is 7.74. The first kappa shape index (κ1) is 18.7. The Morgan fingerprint density at radius 1 is 1.27 bits per heavy atom. The third kappa shape index (κ3) is 5.81. The molecule has 0 aromatic heterocycles. The Hall–Kier alpha value is -1.34. The Bertz CT molecular complexity index is 363. The molecule has 1 aliphatic heterocycles. The number of nitrogens with zero attached hydrogens (tertiary/aromatic N) is 2. The minimum Gasteiger partial charge on any atom is -0.469 e. The first-order chi connectivity index (χ1) is 10.6. The molecule has 22 heavy (non-hydrogen) atoms. The molecule has 2 unspecified atom stereocenters. The average molecular weight is 315 g/mol. The molecule has 0 aliphatic carbocycles. The summed E-state index contributed by atoms with van der Waals surface area (Å²) < 4.78 is 15.2. The van der Waals surface area contributed by atoms with E-state index in [4.69, 9.17) is 14.2 Å². The lowest BCUT2D eigenvalue weighted by molar-refractivity contribution is -0.145. The molecular weight excluding hydrogens is 286 g/mol. The number of hydrogen-bond acceptors (Lipinski definition) is 5. The van der Waals surface area contributed by atoms with E-state index in [-0.39, 0.29) is 17.8 Å². The second-order valence-electron chi connectivity index (χ2n) is 5.44. The van der Waals surface area contributed by atoms with Crippen LogP contribution in [0.5, 0.6) is 0 Å². The molecule has 1 aliphatic rings. The summed E-state index contributed by atoms with van der Waals surface area (Å²) in [7, 11) is 4.86. The molecule has 1 saturated heterocycles. The van der Waals surface area contributed by atoms with Gasteiger partial charge in [-0.25, -0.2) is 0 Å². The van der Waals surface area contributed by atoms with Crippen molar-refractivity contribution in [2.75, 3.05) is 60.7 Å². The van der Waals surface area contributed by atoms with Gasteiger partial charge in [0.05, 0.1) is 26.2 Å². The van der Waals surface area contributed by atoms with Crippen LogP contribution in [0.15, 0.2) is 4.99 Å². The number of carbonyl (C=O) groups is 1. The van der Waals surface area contributed by atoms with Gasteiger partial charge in [-0.3, -0.25) is 9.79 Å². The standard InChI is InChI=1S/C15H29N3O4/c1-12-10-18(11-13(12)14(19)21-4)15(16-2)17-6-5-7-22-9-8-20-3/h12-13H,5-11H2,1-4H3,(H,16,17). The summed E-state index contributed by atoms with van der Waals surface area (Å²) >= 11 is 0. The smallest absolute Gasteiger partial charge is 0.310 e. The number of esters is 1. The highest BCUT2D eigenvalue weighted by Gasteiger charge is 2.36. The molecule has 0 amide bonds. The van der Waals surface area contributed by atoms with Crippen LogP contribution in [0.2, 0.25) is 0 Å². The predicted molar refractivity (Wildman–Crippen MR) is 84.9 cm³/mol. The quantitative estimate of drug-likeness (QED) is 0.302. The molecule has 1 heterocycles. The average Bonchev–Trinajstić information content (AvgIpc) is 2.91. The highest BCUT2D eigenvalue weighted by molar-refractivity contribution is 5.82. The SMILES string of the molecule is CN=C(NCCCOCCOC)N1CC(C)C(C(=O)OC)C1. The van der Waals surface area contributed by atoms with Gasteiger partial charge >= 0.3 is 5.97 Å². The molecule has 1 N–H and O–H groups in total. The second-order valence-corrected chi connectivity index (χ2v) is 5.44. The number of guanidine groups is 1. The molecule has 0 spiro atoms. The van der Waals surface area contributed by atoms with E-state index in [0.717, 1.165) is 25.5 Å². The molecule has 0 aromatic rings. The maximum atomic E-state index is 11.7. The Morgan fingerprint density at radius 2 is 2.05 bits per heavy atom. The maximum Gasteiger partial charge on any atom is 0.310 e. The van der Waals surface area contributed by atoms with Crippen molar-refractivity contribution in [3.8, 4) is 0 Å². The summed E-state index contributed by atoms with van der Waals surface area (Å²) in [4.78, 5) is 18.1. The lowest BCUT2D eigenvalue weighted by atomic mass is 9.99. The van der Waals surface area contributed by atoms with E-state index in [1.165, 1.54) is 7.11 Å². The van der Waals surface area contributed by atoms with Crippen LogP contribution in [0, 0.1) is 11.8 Å². The highest BCUT2D eigenvalue weighted by atomic mass is 16.5. The van der Waals surface area contributed by atoms with Crippen LogP contribution in [0.1, 0.15) is 13.3 Å². The molecule has 7 heteroatoms. The number of likely N-dealkylation sites (tertiary alicyclic amines) is 1. The summed E-state index contributed by atoms with van der Waals surface area (Å²) in [5.41, 5.74) is 0. The van der Waals surface area contributed by atoms with Crippen LogP contribution >= 0.6 is 0 Å². The van der Waals surface area contributed by atoms with Gasteiger partial charge in [0.1, 0.15) is 0 Å². The van der Waals surface area contributed by atoms with Crippen LogP contribution in [0.4, 0.5) is 0 Å². The molecule has 1 fully saturated rings. The number of ether oxygens (including phenoxy) is 3. The zero-order valence-corrected chi connectivity index (χ0v) is 14.1. The summed E-state index contributed by atoms with van der Waals surface area (Å²) in [6.07, 6.45) is 0.895. The van der Waals surface area contributed by atoms with E-state index in [0.29, 0.717) is 26.4 Å². The molecule has 128 valence electrons. The molecule has 0 aromatic carbocycles. The van der Waals surface area contributed by atoms with Crippen LogP contribution in [0.3, 0.4) is 0 Å². The minimum atomic E-state index is -0.142. The van der Waals surface area contributed by atoms with Gasteiger partial charge in [-0.05, 0) is 12.3 Å². The second kappa shape index (κ2) is 10.4. The van der Waals surface area contributed by atoms with Gasteiger partial charge in [-0.15, -0.1) is 0 Å². The van der Waals surface area contributed by atoms with Gasteiger partial charge in [0.25, 0.3) is 0 Å². The topological polar surface area (TPSA) is 72.4 Å². The lowest BCUT2D eigenvalue weighted by Crippen LogP contribution is -2.41. The molecule has 2 atom stereocenters. The fourth-order valence-corrected chi connectivity index (χ4v) is 2.55. The number of hydrogen-bond donors (Lipinski definition) is 1. The summed E-state index contributed by atoms with van der Waals surface area (Å²) in [6.45, 7) is 6.24. The Labute approximate surface area is 133 Å². The van der Waals surface area contributed by atoms with Gasteiger partial charge in [0, 0.05) is 40.4 Å². The van der Waals surface area contributed by atoms with Crippen molar-refractivity contribution < 1.29 is 19.0 Å². The molecule has 1 rings (SSSR count). The third-order valence-corrected chi connectivity index (χ3v) is 3.81. The van der Waals surface area contributed by atoms with E-state index < -0.39 is 0 Å². The Kier molecular flexibility index (Phi) is 8.84. The largest absolute Gasteiger partial charge is 0.469 e. The predicted octanol–water partition coefficient (Wildman–Crippen LogP) is 0.356. The molecule has 7 nitrogen and oxygen atoms in total. The van der Waals surface area contributed by atoms with Gasteiger partial charge in [-0.1, -0.05) is 6.92 Å². The van der Waals surface area contributed by atoms with E-state index in [1.807, 2.05) is 0 Å². The summed E-state index contributed by atoms with van der Waals surface area (Å²) in [5.74, 6) is 0.872. The normalized spacial score (nSPS) is 22.0. The number of methoxy groups -OCH3 is 2. The molecule has 0 bridgehead atoms. The molecule has 0 radical (unpaired) electrons. The number of carbonyl (C=O) groups excluding carboxylic acids is 1. The zero-order valence-electron chi connectivity index (χ0n) is 14.1. The summed E-state index contributed by atoms with van der Waals surface area (Å²) in [6, 6.07) is 0. The van der Waals surface area contributed by atoms with Crippen molar-refractivity contribution in [2.45, 2.75) is 13.3 Å². The Morgan fingerprint density at radius 3 is 2.68 bits per heavy atom. The van der Waals surface area contributed by atoms with Crippen LogP contribution in [-0.4, -0.2) is 77.6 Å². The highest BCUT2D eigenvalue weighted by Crippen LogP contribution is 2.23. The minimum absolute atomic E-state index is 0.0825. The van der Waals surface area contributed by atoms with E-state index in [1.54, 1.807) is 14.2 Å². The van der Waals surface area contributed by atoms with Crippen molar-refractivity contribution in [3.63, 3.8) is 0 Å². The number of aliphatic imine (C=N–C) groups is 1. The molecule has 0 saturated carbocycles. The van der Waals surface area contributed by atoms with Crippen molar-refractivity contribution >= 4 is 11.9 Å². The van der Waals surface area contributed by atoms with Crippen LogP contribution in [-0.2, 0) is 19.0 Å². The first-order valence-corrected chi connectivity index (χ1v) is 7.74. The Balaban J connectivity index is 2.29. The van der Waals surface area contributed by atoms with Crippen LogP contribution < -0.4 is 5.32 Å². The fourth-order valence-electron chi connectivity index (χ4n) is 2.55. The maximum absolute atomic E-state index is 11.7. The summed E-state index contributed by atoms with van der Waals surface area (Å²) in [5, 5.41) is 3.31. The zero-order chi connectivity index (χ0) is 16.4. The van der Waals surface area contributed by atoms with Crippen molar-refractivity contribution in [1.29, 1.82) is 0 Å². The van der Waals surface area contributed by atoms with Crippen LogP contribution in [0.25, 0.3) is 0 Å². The van der Waals surface area contributed by atoms with E-state index in [9.17, 15) is 4.79 Å². The molecular formula is C15H29N3O4. The number of rotatable bonds is 8. The van der Waals surface area contributed by atoms with E-state index >= 15 is 0 Å². The van der Waals surface area contributed by atoms with Crippen molar-refractivity contribution in [3.05, 3.63) is 0 Å². The number of nitrogens with one attached hydrogen (secondary N) is 1. The monoisotopic (exact) mass is 315 g/mol. The van der Waals surface area contributed by atoms with E-state index in [2.05, 4.69) is 22.1 Å². The third-order valence-electron chi connectivity index (χ3n) is 3.81. The van der Waals surface area contributed by atoms with Gasteiger partial charge < -0.3 is 24.4 Å². The lowest BCUT2D eigenvalue weighted by Gasteiger charge is -2.21. The van der Waals surface area contributed by atoms with Gasteiger partial charge in [0.15, 0.2) is 5.96 Å². The van der Waals surface area contributed by atoms with Gasteiger partial charge in [-0.2, -0.15) is 0 Å². The van der Waals surface area contributed by atoms with Gasteiger partial charge in [0.2, 0.25) is 0 Å².